The fourth-order valence-electron chi connectivity index (χ4n) is 3.74. The van der Waals surface area contributed by atoms with Crippen LogP contribution in [-0.4, -0.2) is 34.2 Å². The van der Waals surface area contributed by atoms with E-state index < -0.39 is 5.82 Å². The van der Waals surface area contributed by atoms with Crippen molar-refractivity contribution < 1.29 is 14.0 Å². The Balaban J connectivity index is 1.71. The largest absolute Gasteiger partial charge is 0.339 e. The minimum Gasteiger partial charge on any atom is -0.339 e. The molecule has 2 heterocycles. The summed E-state index contributed by atoms with van der Waals surface area (Å²) in [6.45, 7) is 1.51. The molecule has 1 aromatic heterocycles. The summed E-state index contributed by atoms with van der Waals surface area (Å²) in [7, 11) is 0. The lowest BCUT2D eigenvalue weighted by Crippen LogP contribution is -2.35. The number of halogens is 2. The minimum atomic E-state index is -0.452. The molecule has 0 saturated carbocycles. The molecule has 0 radical (unpaired) electrons. The van der Waals surface area contributed by atoms with Gasteiger partial charge in [-0.3, -0.25) is 9.59 Å². The normalized spacial score (nSPS) is 14.4. The van der Waals surface area contributed by atoms with E-state index in [-0.39, 0.29) is 18.2 Å². The Bertz CT molecular complexity index is 1050. The molecule has 0 unspecified atom stereocenters. The van der Waals surface area contributed by atoms with E-state index >= 15 is 0 Å². The molecule has 1 saturated heterocycles. The smallest absolute Gasteiger partial charge is 0.256 e. The number of amides is 1. The number of likely N-dealkylation sites (tertiary alicyclic amines) is 1. The number of nitrogens with zero attached hydrogens (tertiary/aromatic N) is 2. The van der Waals surface area contributed by atoms with Gasteiger partial charge in [0.1, 0.15) is 5.82 Å². The number of piperidine rings is 1. The van der Waals surface area contributed by atoms with Crippen LogP contribution in [0.5, 0.6) is 0 Å². The first-order valence-corrected chi connectivity index (χ1v) is 9.77. The maximum absolute atomic E-state index is 13.5. The number of hydrogen-bond acceptors (Lipinski definition) is 2. The van der Waals surface area contributed by atoms with Gasteiger partial charge in [-0.1, -0.05) is 29.8 Å². The van der Waals surface area contributed by atoms with Crippen molar-refractivity contribution >= 4 is 34.2 Å². The molecule has 0 bridgehead atoms. The number of hydrogen-bond donors (Lipinski definition) is 0. The van der Waals surface area contributed by atoms with Crippen LogP contribution in [0, 0.1) is 5.82 Å². The third-order valence-electron chi connectivity index (χ3n) is 5.18. The Kier molecular flexibility index (Phi) is 5.18. The number of ketones is 1. The Labute approximate surface area is 167 Å². The van der Waals surface area contributed by atoms with Gasteiger partial charge in [-0.15, -0.1) is 0 Å². The van der Waals surface area contributed by atoms with Crippen LogP contribution in [-0.2, 0) is 6.54 Å². The van der Waals surface area contributed by atoms with Crippen LogP contribution in [0.1, 0.15) is 40.0 Å². The first-order valence-electron chi connectivity index (χ1n) is 9.39. The number of carbonyl (C=O) groups is 2. The lowest BCUT2D eigenvalue weighted by atomic mass is 10.1. The summed E-state index contributed by atoms with van der Waals surface area (Å²) >= 11 is 6.16. The lowest BCUT2D eigenvalue weighted by Gasteiger charge is -2.26. The molecule has 4 nitrogen and oxygen atoms in total. The van der Waals surface area contributed by atoms with E-state index in [1.165, 1.54) is 18.2 Å². The molecule has 2 aromatic carbocycles. The maximum Gasteiger partial charge on any atom is 0.256 e. The molecule has 1 amide bonds. The fourth-order valence-corrected chi connectivity index (χ4v) is 3.91. The molecule has 0 aliphatic carbocycles. The van der Waals surface area contributed by atoms with Crippen LogP contribution >= 0.6 is 11.6 Å². The third kappa shape index (κ3) is 3.67. The Morgan fingerprint density at radius 1 is 1.04 bits per heavy atom. The van der Waals surface area contributed by atoms with Gasteiger partial charge in [-0.05, 0) is 43.5 Å². The van der Waals surface area contributed by atoms with E-state index in [0.29, 0.717) is 16.1 Å². The Morgan fingerprint density at radius 3 is 2.57 bits per heavy atom. The van der Waals surface area contributed by atoms with E-state index in [9.17, 15) is 14.0 Å². The fraction of sp³-hybridized carbons (Fsp3) is 0.273. The zero-order valence-electron chi connectivity index (χ0n) is 15.3. The van der Waals surface area contributed by atoms with Crippen molar-refractivity contribution in [2.45, 2.75) is 25.8 Å². The molecule has 3 aromatic rings. The summed E-state index contributed by atoms with van der Waals surface area (Å²) in [5.41, 5.74) is 1.59. The highest BCUT2D eigenvalue weighted by atomic mass is 35.5. The molecule has 1 aliphatic heterocycles. The molecule has 0 spiro atoms. The summed E-state index contributed by atoms with van der Waals surface area (Å²) in [6, 6.07) is 10.9. The summed E-state index contributed by atoms with van der Waals surface area (Å²) in [5, 5.41) is 1.30. The van der Waals surface area contributed by atoms with Gasteiger partial charge in [0, 0.05) is 35.3 Å². The number of benzene rings is 2. The minimum absolute atomic E-state index is 0.00752. The van der Waals surface area contributed by atoms with Gasteiger partial charge in [-0.2, -0.15) is 0 Å². The predicted molar refractivity (Wildman–Crippen MR) is 107 cm³/mol. The standard InChI is InChI=1S/C22H20ClFN2O2/c23-16-7-8-18-19(22(28)25-9-2-1-3-10-25)13-26(20(18)12-16)14-21(27)15-5-4-6-17(24)11-15/h4-8,11-13H,1-3,9-10,14H2. The third-order valence-corrected chi connectivity index (χ3v) is 5.41. The second kappa shape index (κ2) is 7.76. The van der Waals surface area contributed by atoms with Crippen LogP contribution in [0.15, 0.2) is 48.7 Å². The predicted octanol–water partition coefficient (Wildman–Crippen LogP) is 4.94. The highest BCUT2D eigenvalue weighted by Crippen LogP contribution is 2.27. The van der Waals surface area contributed by atoms with E-state index in [2.05, 4.69) is 0 Å². The number of carbonyl (C=O) groups excluding carboxylic acids is 2. The maximum atomic E-state index is 13.5. The molecule has 0 atom stereocenters. The van der Waals surface area contributed by atoms with Gasteiger partial charge in [0.05, 0.1) is 17.6 Å². The molecule has 4 rings (SSSR count). The highest BCUT2D eigenvalue weighted by Gasteiger charge is 2.23. The first kappa shape index (κ1) is 18.7. The average Bonchev–Trinajstić information content (AvgIpc) is 3.05. The number of aromatic nitrogens is 1. The number of rotatable bonds is 4. The van der Waals surface area contributed by atoms with Crippen molar-refractivity contribution in [3.8, 4) is 0 Å². The topological polar surface area (TPSA) is 42.3 Å². The van der Waals surface area contributed by atoms with Crippen LogP contribution in [0.4, 0.5) is 4.39 Å². The van der Waals surface area contributed by atoms with Crippen molar-refractivity contribution in [2.24, 2.45) is 0 Å². The average molecular weight is 399 g/mol. The van der Waals surface area contributed by atoms with E-state index in [0.717, 1.165) is 43.3 Å². The van der Waals surface area contributed by atoms with Gasteiger partial charge >= 0.3 is 0 Å². The van der Waals surface area contributed by atoms with Gasteiger partial charge in [0.25, 0.3) is 5.91 Å². The van der Waals surface area contributed by atoms with Crippen LogP contribution in [0.3, 0.4) is 0 Å². The lowest BCUT2D eigenvalue weighted by molar-refractivity contribution is 0.0725. The Hall–Kier alpha value is -2.66. The summed E-state index contributed by atoms with van der Waals surface area (Å²) < 4.78 is 15.2. The number of Topliss-reactive ketones (excluding diaryl/α,β-unsaturated/α-hetero) is 1. The molecule has 144 valence electrons. The monoisotopic (exact) mass is 398 g/mol. The van der Waals surface area contributed by atoms with Crippen molar-refractivity contribution in [1.82, 2.24) is 9.47 Å². The molecular formula is C22H20ClFN2O2. The summed E-state index contributed by atoms with van der Waals surface area (Å²) in [5.74, 6) is -0.704. The second-order valence-corrected chi connectivity index (χ2v) is 7.55. The number of fused-ring (bicyclic) bond motifs is 1. The summed E-state index contributed by atoms with van der Waals surface area (Å²) in [6.07, 6.45) is 4.88. The van der Waals surface area contributed by atoms with Gasteiger partial charge < -0.3 is 9.47 Å². The highest BCUT2D eigenvalue weighted by molar-refractivity contribution is 6.31. The van der Waals surface area contributed by atoms with Gasteiger partial charge in [0.2, 0.25) is 0 Å². The molecule has 0 N–H and O–H groups in total. The van der Waals surface area contributed by atoms with Crippen LogP contribution < -0.4 is 0 Å². The molecule has 6 heteroatoms. The molecule has 28 heavy (non-hydrogen) atoms. The quantitative estimate of drug-likeness (QED) is 0.584. The van der Waals surface area contributed by atoms with E-state index in [1.54, 1.807) is 29.0 Å². The van der Waals surface area contributed by atoms with Crippen molar-refractivity contribution in [1.29, 1.82) is 0 Å². The van der Waals surface area contributed by atoms with Crippen molar-refractivity contribution in [3.05, 3.63) is 70.6 Å². The van der Waals surface area contributed by atoms with Crippen LogP contribution in [0.2, 0.25) is 5.02 Å². The Morgan fingerprint density at radius 2 is 1.82 bits per heavy atom. The van der Waals surface area contributed by atoms with Crippen molar-refractivity contribution in [3.63, 3.8) is 0 Å². The van der Waals surface area contributed by atoms with Gasteiger partial charge in [0.15, 0.2) is 5.78 Å². The second-order valence-electron chi connectivity index (χ2n) is 7.12. The van der Waals surface area contributed by atoms with Gasteiger partial charge in [-0.25, -0.2) is 4.39 Å². The first-order chi connectivity index (χ1) is 13.5. The zero-order chi connectivity index (χ0) is 19.7. The van der Waals surface area contributed by atoms with Crippen molar-refractivity contribution in [2.75, 3.05) is 13.1 Å². The molecule has 1 aliphatic rings. The molecular weight excluding hydrogens is 379 g/mol. The SMILES string of the molecule is O=C(Cn1cc(C(=O)N2CCCCC2)c2ccc(Cl)cc21)c1cccc(F)c1. The molecule has 1 fully saturated rings. The zero-order valence-corrected chi connectivity index (χ0v) is 16.1. The van der Waals surface area contributed by atoms with Crippen LogP contribution in [0.25, 0.3) is 10.9 Å². The summed E-state index contributed by atoms with van der Waals surface area (Å²) in [4.78, 5) is 27.6. The van der Waals surface area contributed by atoms with E-state index in [1.807, 2.05) is 11.0 Å². The van der Waals surface area contributed by atoms with E-state index in [4.69, 9.17) is 11.6 Å².